The highest BCUT2D eigenvalue weighted by Gasteiger charge is 2.71. The molecule has 2 N–H and O–H groups in total. The molecular weight excluding hydrogens is 601 g/mol. The Balaban J connectivity index is 1.27. The standard InChI is InChI=1S/C29H41F3N6O5S/c1-18-14-19(2)17-35(16-18)27(39)25-24-15-21(10-13-37(24)38(41)26(25)29(30,31)32)20-8-11-36(12-9-20)44(42,43)23-6-4-22(5-7-23)34-28(40)33-3/h4-7,18-21,24-26H,8-17H2,1-3H3,(H-,33,34,40)/p+1. The highest BCUT2D eigenvalue weighted by atomic mass is 32.2. The number of anilines is 1. The van der Waals surface area contributed by atoms with Gasteiger partial charge in [-0.15, -0.1) is 5.01 Å². The number of piperidine rings is 3. The summed E-state index contributed by atoms with van der Waals surface area (Å²) in [6.45, 7) is 5.42. The van der Waals surface area contributed by atoms with Crippen molar-refractivity contribution < 1.29 is 36.0 Å². The van der Waals surface area contributed by atoms with Gasteiger partial charge < -0.3 is 15.5 Å². The number of nitroso groups, excluding NO2 is 1. The number of nitrogens with one attached hydrogen (secondary N) is 2. The number of halogens is 3. The summed E-state index contributed by atoms with van der Waals surface area (Å²) in [5.74, 6) is -1.69. The van der Waals surface area contributed by atoms with E-state index in [1.165, 1.54) is 45.5 Å². The average molecular weight is 644 g/mol. The second-order valence-corrected chi connectivity index (χ2v) is 14.9. The van der Waals surface area contributed by atoms with Gasteiger partial charge in [-0.1, -0.05) is 13.8 Å². The molecule has 44 heavy (non-hydrogen) atoms. The Morgan fingerprint density at radius 3 is 2.09 bits per heavy atom. The average Bonchev–Trinajstić information content (AvgIpc) is 3.28. The molecule has 244 valence electrons. The van der Waals surface area contributed by atoms with E-state index >= 15 is 0 Å². The van der Waals surface area contributed by atoms with Crippen molar-refractivity contribution in [2.45, 2.75) is 69.1 Å². The van der Waals surface area contributed by atoms with Gasteiger partial charge in [0.2, 0.25) is 15.9 Å². The number of carbonyl (C=O) groups excluding carboxylic acids is 2. The van der Waals surface area contributed by atoms with E-state index in [2.05, 4.69) is 10.6 Å². The van der Waals surface area contributed by atoms with Gasteiger partial charge in [-0.3, -0.25) is 4.79 Å². The molecule has 1 aromatic rings. The molecule has 11 nitrogen and oxygen atoms in total. The third-order valence-corrected chi connectivity index (χ3v) is 11.8. The summed E-state index contributed by atoms with van der Waals surface area (Å²) in [6, 6.07) is 2.23. The number of hydrogen-bond acceptors (Lipinski definition) is 5. The number of likely N-dealkylation sites (tertiary alicyclic amines) is 1. The fourth-order valence-corrected chi connectivity index (χ4v) is 9.32. The first kappa shape index (κ1) is 32.5. The van der Waals surface area contributed by atoms with Crippen molar-refractivity contribution in [1.82, 2.24) is 19.5 Å². The molecular formula is C29H42F3N6O5S+. The molecule has 4 saturated heterocycles. The number of rotatable bonds is 5. The van der Waals surface area contributed by atoms with Crippen LogP contribution >= 0.6 is 0 Å². The zero-order chi connectivity index (χ0) is 32.0. The first-order chi connectivity index (χ1) is 20.7. The van der Waals surface area contributed by atoms with Crippen molar-refractivity contribution in [2.75, 3.05) is 45.1 Å². The zero-order valence-electron chi connectivity index (χ0n) is 25.3. The van der Waals surface area contributed by atoms with E-state index in [4.69, 9.17) is 0 Å². The summed E-state index contributed by atoms with van der Waals surface area (Å²) in [5.41, 5.74) is 0.450. The fraction of sp³-hybridized carbons (Fsp3) is 0.724. The van der Waals surface area contributed by atoms with Gasteiger partial charge in [0.15, 0.2) is 0 Å². The molecule has 0 radical (unpaired) electrons. The number of urea groups is 1. The minimum atomic E-state index is -4.85. The van der Waals surface area contributed by atoms with E-state index in [0.717, 1.165) is 6.42 Å². The molecule has 0 aliphatic carbocycles. The molecule has 0 aromatic heterocycles. The predicted molar refractivity (Wildman–Crippen MR) is 156 cm³/mol. The Bertz CT molecular complexity index is 1340. The van der Waals surface area contributed by atoms with Crippen molar-refractivity contribution in [1.29, 1.82) is 0 Å². The molecule has 4 fully saturated rings. The third-order valence-electron chi connectivity index (χ3n) is 9.85. The van der Waals surface area contributed by atoms with Crippen LogP contribution in [0.2, 0.25) is 0 Å². The van der Waals surface area contributed by atoms with Crippen LogP contribution < -0.4 is 10.6 Å². The number of sulfonamides is 1. The molecule has 6 unspecified atom stereocenters. The number of fused-ring (bicyclic) bond motifs is 1. The van der Waals surface area contributed by atoms with Gasteiger partial charge in [0, 0.05) is 38.9 Å². The summed E-state index contributed by atoms with van der Waals surface area (Å²) in [6.07, 6.45) is -2.07. The number of hydrazine groups is 1. The Hall–Kier alpha value is -2.94. The summed E-state index contributed by atoms with van der Waals surface area (Å²) in [5, 5.41) is 6.23. The minimum Gasteiger partial charge on any atom is -0.342 e. The van der Waals surface area contributed by atoms with E-state index in [1.54, 1.807) is 0 Å². The van der Waals surface area contributed by atoms with Crippen molar-refractivity contribution >= 4 is 27.6 Å². The lowest BCUT2D eigenvalue weighted by molar-refractivity contribution is -0.735. The quantitative estimate of drug-likeness (QED) is 0.473. The Morgan fingerprint density at radius 1 is 0.932 bits per heavy atom. The molecule has 15 heteroatoms. The molecule has 0 saturated carbocycles. The second kappa shape index (κ2) is 12.5. The summed E-state index contributed by atoms with van der Waals surface area (Å²) < 4.78 is 71.0. The number of carbonyl (C=O) groups is 2. The predicted octanol–water partition coefficient (Wildman–Crippen LogP) is 3.68. The van der Waals surface area contributed by atoms with Gasteiger partial charge in [-0.05, 0) is 80.0 Å². The first-order valence-corrected chi connectivity index (χ1v) is 16.8. The van der Waals surface area contributed by atoms with Gasteiger partial charge >= 0.3 is 18.2 Å². The largest absolute Gasteiger partial charge is 0.460 e. The molecule has 4 aliphatic heterocycles. The third kappa shape index (κ3) is 6.40. The first-order valence-electron chi connectivity index (χ1n) is 15.4. The summed E-state index contributed by atoms with van der Waals surface area (Å²) >= 11 is 0. The second-order valence-electron chi connectivity index (χ2n) is 13.0. The van der Waals surface area contributed by atoms with Crippen LogP contribution in [0.15, 0.2) is 29.2 Å². The lowest BCUT2D eigenvalue weighted by Gasteiger charge is -2.41. The number of amides is 3. The zero-order valence-corrected chi connectivity index (χ0v) is 26.1. The Labute approximate surface area is 256 Å². The van der Waals surface area contributed by atoms with Crippen molar-refractivity contribution in [3.05, 3.63) is 29.2 Å². The highest BCUT2D eigenvalue weighted by Crippen LogP contribution is 2.46. The van der Waals surface area contributed by atoms with Gasteiger partial charge in [0.1, 0.15) is 16.8 Å². The van der Waals surface area contributed by atoms with Crippen LogP contribution in [0, 0.1) is 34.5 Å². The Kier molecular flexibility index (Phi) is 9.18. The van der Waals surface area contributed by atoms with E-state index < -0.39 is 46.1 Å². The van der Waals surface area contributed by atoms with Crippen LogP contribution in [-0.4, -0.2) is 97.5 Å². The maximum absolute atomic E-state index is 14.3. The SMILES string of the molecule is CNC(=O)Nc1ccc(S(=O)(=O)N2CCC(C3CCN4C(C3)C(C(=O)N3CC(C)CC(C)C3)C(C(F)(F)F)[N+]4=O)CC2)cc1. The normalized spacial score (nSPS) is 30.6. The van der Waals surface area contributed by atoms with Crippen LogP contribution in [0.5, 0.6) is 0 Å². The molecule has 5 rings (SSSR count). The van der Waals surface area contributed by atoms with Gasteiger partial charge in [0.25, 0.3) is 0 Å². The van der Waals surface area contributed by atoms with E-state index in [-0.39, 0.29) is 59.5 Å². The van der Waals surface area contributed by atoms with Gasteiger partial charge in [0.05, 0.1) is 16.3 Å². The van der Waals surface area contributed by atoms with Crippen LogP contribution in [0.3, 0.4) is 0 Å². The van der Waals surface area contributed by atoms with E-state index in [1.807, 2.05) is 13.8 Å². The maximum atomic E-state index is 14.3. The van der Waals surface area contributed by atoms with Crippen molar-refractivity contribution in [3.8, 4) is 0 Å². The summed E-state index contributed by atoms with van der Waals surface area (Å²) in [7, 11) is -2.31. The summed E-state index contributed by atoms with van der Waals surface area (Å²) in [4.78, 5) is 40.0. The molecule has 0 spiro atoms. The number of nitrogens with zero attached hydrogens (tertiary/aromatic N) is 4. The van der Waals surface area contributed by atoms with Crippen LogP contribution in [0.25, 0.3) is 0 Å². The minimum absolute atomic E-state index is 0.0187. The molecule has 4 aliphatic rings. The lowest BCUT2D eigenvalue weighted by Crippen LogP contribution is -2.53. The van der Waals surface area contributed by atoms with Gasteiger partial charge in [-0.2, -0.15) is 17.5 Å². The monoisotopic (exact) mass is 643 g/mol. The van der Waals surface area contributed by atoms with E-state index in [0.29, 0.717) is 38.0 Å². The molecule has 6 atom stereocenters. The topological polar surface area (TPSA) is 122 Å². The van der Waals surface area contributed by atoms with Crippen LogP contribution in [0.4, 0.5) is 23.7 Å². The van der Waals surface area contributed by atoms with Crippen LogP contribution in [0.1, 0.15) is 46.0 Å². The molecule has 3 amide bonds. The molecule has 1 aromatic carbocycles. The van der Waals surface area contributed by atoms with Gasteiger partial charge in [-0.25, -0.2) is 13.2 Å². The Morgan fingerprint density at radius 2 is 1.52 bits per heavy atom. The van der Waals surface area contributed by atoms with Crippen LogP contribution in [-0.2, 0) is 14.8 Å². The smallest absolute Gasteiger partial charge is 0.342 e. The maximum Gasteiger partial charge on any atom is 0.460 e. The number of hydrogen-bond donors (Lipinski definition) is 2. The molecule has 4 heterocycles. The van der Waals surface area contributed by atoms with E-state index in [9.17, 15) is 36.1 Å². The highest BCUT2D eigenvalue weighted by molar-refractivity contribution is 7.89. The lowest BCUT2D eigenvalue weighted by atomic mass is 9.74. The molecule has 0 bridgehead atoms. The number of alkyl halides is 3. The fourth-order valence-electron chi connectivity index (χ4n) is 7.85. The number of benzene rings is 1. The van der Waals surface area contributed by atoms with Crippen molar-refractivity contribution in [2.24, 2.45) is 29.6 Å². The van der Waals surface area contributed by atoms with Crippen molar-refractivity contribution in [3.63, 3.8) is 0 Å².